The monoisotopic (exact) mass is 263 g/mol. The maximum atomic E-state index is 13.0. The second-order valence-corrected chi connectivity index (χ2v) is 5.64. The van der Waals surface area contributed by atoms with Crippen molar-refractivity contribution in [3.8, 4) is 0 Å². The molecule has 0 saturated carbocycles. The summed E-state index contributed by atoms with van der Waals surface area (Å²) in [4.78, 5) is 10.8. The standard InChI is InChI=1S/C12H19F2NO3/c1-11(2)5-8(3-4-17-11)15-7-9-6-12(13,14)10(16)18-9/h8-9,15H,3-7H2,1-2H3. The molecule has 0 aromatic carbocycles. The number of nitrogens with one attached hydrogen (secondary N) is 1. The Bertz CT molecular complexity index is 333. The van der Waals surface area contributed by atoms with E-state index >= 15 is 0 Å². The molecule has 2 unspecified atom stereocenters. The lowest BCUT2D eigenvalue weighted by atomic mass is 9.94. The van der Waals surface area contributed by atoms with Crippen LogP contribution in [-0.2, 0) is 14.3 Å². The third-order valence-electron chi connectivity index (χ3n) is 3.39. The van der Waals surface area contributed by atoms with Gasteiger partial charge in [0.1, 0.15) is 6.10 Å². The van der Waals surface area contributed by atoms with Crippen molar-refractivity contribution < 1.29 is 23.0 Å². The highest BCUT2D eigenvalue weighted by molar-refractivity contribution is 5.79. The molecule has 2 heterocycles. The Morgan fingerprint density at radius 1 is 1.39 bits per heavy atom. The zero-order chi connectivity index (χ0) is 13.4. The lowest BCUT2D eigenvalue weighted by Gasteiger charge is -2.36. The number of halogens is 2. The van der Waals surface area contributed by atoms with Crippen LogP contribution in [0.25, 0.3) is 0 Å². The highest BCUT2D eigenvalue weighted by Crippen LogP contribution is 2.31. The average Bonchev–Trinajstić information content (AvgIpc) is 2.49. The maximum absolute atomic E-state index is 13.0. The predicted octanol–water partition coefficient (Wildman–Crippen LogP) is 1.48. The van der Waals surface area contributed by atoms with E-state index in [4.69, 9.17) is 4.74 Å². The molecule has 2 atom stereocenters. The topological polar surface area (TPSA) is 47.6 Å². The van der Waals surface area contributed by atoms with Crippen LogP contribution in [0.1, 0.15) is 33.1 Å². The molecular weight excluding hydrogens is 244 g/mol. The molecule has 0 amide bonds. The Balaban J connectivity index is 1.77. The molecule has 1 N–H and O–H groups in total. The van der Waals surface area contributed by atoms with E-state index in [-0.39, 0.29) is 18.2 Å². The van der Waals surface area contributed by atoms with E-state index in [1.54, 1.807) is 0 Å². The fourth-order valence-electron chi connectivity index (χ4n) is 2.47. The van der Waals surface area contributed by atoms with Crippen molar-refractivity contribution in [3.05, 3.63) is 0 Å². The Kier molecular flexibility index (Phi) is 3.60. The van der Waals surface area contributed by atoms with Crippen LogP contribution >= 0.6 is 0 Å². The maximum Gasteiger partial charge on any atom is 0.377 e. The first kappa shape index (κ1) is 13.7. The third-order valence-corrected chi connectivity index (χ3v) is 3.39. The van der Waals surface area contributed by atoms with Crippen LogP contribution in [0, 0.1) is 0 Å². The van der Waals surface area contributed by atoms with E-state index in [0.717, 1.165) is 12.8 Å². The smallest absolute Gasteiger partial charge is 0.377 e. The number of carbonyl (C=O) groups is 1. The first-order valence-corrected chi connectivity index (χ1v) is 6.25. The largest absolute Gasteiger partial charge is 0.456 e. The summed E-state index contributed by atoms with van der Waals surface area (Å²) in [5, 5.41) is 3.19. The molecule has 104 valence electrons. The van der Waals surface area contributed by atoms with Crippen LogP contribution in [0.15, 0.2) is 0 Å². The Morgan fingerprint density at radius 3 is 2.67 bits per heavy atom. The molecule has 2 fully saturated rings. The van der Waals surface area contributed by atoms with E-state index in [0.29, 0.717) is 6.61 Å². The molecular formula is C12H19F2NO3. The summed E-state index contributed by atoms with van der Waals surface area (Å²) in [5.74, 6) is -4.72. The summed E-state index contributed by atoms with van der Waals surface area (Å²) >= 11 is 0. The molecule has 6 heteroatoms. The normalized spacial score (nSPS) is 34.3. The summed E-state index contributed by atoms with van der Waals surface area (Å²) in [6.45, 7) is 4.95. The average molecular weight is 263 g/mol. The van der Waals surface area contributed by atoms with E-state index in [9.17, 15) is 13.6 Å². The third kappa shape index (κ3) is 3.17. The number of esters is 1. The van der Waals surface area contributed by atoms with Crippen LogP contribution in [0.5, 0.6) is 0 Å². The highest BCUT2D eigenvalue weighted by atomic mass is 19.3. The van der Waals surface area contributed by atoms with E-state index in [1.165, 1.54) is 0 Å². The molecule has 4 nitrogen and oxygen atoms in total. The van der Waals surface area contributed by atoms with Gasteiger partial charge in [0.15, 0.2) is 0 Å². The van der Waals surface area contributed by atoms with Crippen LogP contribution < -0.4 is 5.32 Å². The summed E-state index contributed by atoms with van der Waals surface area (Å²) < 4.78 is 36.1. The number of rotatable bonds is 3. The number of cyclic esters (lactones) is 1. The van der Waals surface area contributed by atoms with Crippen LogP contribution in [0.2, 0.25) is 0 Å². The lowest BCUT2D eigenvalue weighted by Crippen LogP contribution is -2.45. The van der Waals surface area contributed by atoms with Gasteiger partial charge in [0, 0.05) is 19.2 Å². The van der Waals surface area contributed by atoms with Crippen molar-refractivity contribution in [3.63, 3.8) is 0 Å². The van der Waals surface area contributed by atoms with Crippen molar-refractivity contribution in [2.45, 2.75) is 56.8 Å². The Hall–Kier alpha value is -0.750. The minimum absolute atomic E-state index is 0.188. The number of alkyl halides is 2. The van der Waals surface area contributed by atoms with Gasteiger partial charge in [-0.3, -0.25) is 0 Å². The molecule has 0 aliphatic carbocycles. The van der Waals surface area contributed by atoms with Crippen LogP contribution in [-0.4, -0.2) is 42.8 Å². The molecule has 0 spiro atoms. The van der Waals surface area contributed by atoms with E-state index in [1.807, 2.05) is 13.8 Å². The fraction of sp³-hybridized carbons (Fsp3) is 0.917. The summed E-state index contributed by atoms with van der Waals surface area (Å²) in [5.41, 5.74) is -0.188. The van der Waals surface area contributed by atoms with Crippen LogP contribution in [0.4, 0.5) is 8.78 Å². The molecule has 2 rings (SSSR count). The molecule has 2 saturated heterocycles. The van der Waals surface area contributed by atoms with Crippen molar-refractivity contribution in [2.75, 3.05) is 13.2 Å². The van der Waals surface area contributed by atoms with Gasteiger partial charge in [0.25, 0.3) is 0 Å². The number of ether oxygens (including phenoxy) is 2. The molecule has 18 heavy (non-hydrogen) atoms. The molecule has 2 aliphatic heterocycles. The second kappa shape index (κ2) is 4.74. The summed E-state index contributed by atoms with van der Waals surface area (Å²) in [7, 11) is 0. The van der Waals surface area contributed by atoms with Gasteiger partial charge in [-0.2, -0.15) is 8.78 Å². The summed E-state index contributed by atoms with van der Waals surface area (Å²) in [6, 6.07) is 0.224. The predicted molar refractivity (Wildman–Crippen MR) is 60.5 cm³/mol. The molecule has 0 radical (unpaired) electrons. The first-order valence-electron chi connectivity index (χ1n) is 6.25. The number of carbonyl (C=O) groups excluding carboxylic acids is 1. The molecule has 0 bridgehead atoms. The van der Waals surface area contributed by atoms with Gasteiger partial charge < -0.3 is 14.8 Å². The van der Waals surface area contributed by atoms with Gasteiger partial charge in [0.2, 0.25) is 0 Å². The fourth-order valence-corrected chi connectivity index (χ4v) is 2.47. The Labute approximate surface area is 105 Å². The van der Waals surface area contributed by atoms with E-state index in [2.05, 4.69) is 10.1 Å². The van der Waals surface area contributed by atoms with Gasteiger partial charge in [-0.15, -0.1) is 0 Å². The van der Waals surface area contributed by atoms with Crippen molar-refractivity contribution in [1.82, 2.24) is 5.32 Å². The molecule has 2 aliphatic rings. The SMILES string of the molecule is CC1(C)CC(NCC2CC(F)(F)C(=O)O2)CCO1. The number of hydrogen-bond donors (Lipinski definition) is 1. The van der Waals surface area contributed by atoms with Gasteiger partial charge in [-0.1, -0.05) is 0 Å². The van der Waals surface area contributed by atoms with Gasteiger partial charge in [-0.05, 0) is 26.7 Å². The zero-order valence-electron chi connectivity index (χ0n) is 10.7. The zero-order valence-corrected chi connectivity index (χ0v) is 10.7. The quantitative estimate of drug-likeness (QED) is 0.784. The minimum atomic E-state index is -3.32. The highest BCUT2D eigenvalue weighted by Gasteiger charge is 2.50. The van der Waals surface area contributed by atoms with Crippen molar-refractivity contribution in [1.29, 1.82) is 0 Å². The van der Waals surface area contributed by atoms with Crippen molar-refractivity contribution >= 4 is 5.97 Å². The van der Waals surface area contributed by atoms with Crippen LogP contribution in [0.3, 0.4) is 0 Å². The summed E-state index contributed by atoms with van der Waals surface area (Å²) in [6.07, 6.45) is 0.425. The Morgan fingerprint density at radius 2 is 2.11 bits per heavy atom. The number of hydrogen-bond acceptors (Lipinski definition) is 4. The molecule has 0 aromatic heterocycles. The van der Waals surface area contributed by atoms with Gasteiger partial charge in [0.05, 0.1) is 12.0 Å². The van der Waals surface area contributed by atoms with Gasteiger partial charge in [-0.25, -0.2) is 4.79 Å². The van der Waals surface area contributed by atoms with E-state index < -0.39 is 24.4 Å². The second-order valence-electron chi connectivity index (χ2n) is 5.64. The van der Waals surface area contributed by atoms with Gasteiger partial charge >= 0.3 is 11.9 Å². The molecule has 0 aromatic rings. The first-order chi connectivity index (χ1) is 8.28. The minimum Gasteiger partial charge on any atom is -0.456 e. The van der Waals surface area contributed by atoms with Crippen molar-refractivity contribution in [2.24, 2.45) is 0 Å². The lowest BCUT2D eigenvalue weighted by molar-refractivity contribution is -0.159.